The number of piperidine rings is 1. The number of amides is 1. The maximum atomic E-state index is 13.9. The number of carbonyl (C=O) groups is 1. The number of hydrogen-bond donors (Lipinski definition) is 1. The molecule has 0 bridgehead atoms. The molecule has 1 amide bonds. The van der Waals surface area contributed by atoms with Crippen LogP contribution in [0.25, 0.3) is 0 Å². The molecule has 0 spiro atoms. The fourth-order valence-corrected chi connectivity index (χ4v) is 3.56. The fraction of sp³-hybridized carbons (Fsp3) is 0.909. The summed E-state index contributed by atoms with van der Waals surface area (Å²) < 4.78 is 27.8. The highest BCUT2D eigenvalue weighted by molar-refractivity contribution is 5.68. The van der Waals surface area contributed by atoms with Crippen molar-refractivity contribution in [2.45, 2.75) is 31.4 Å². The van der Waals surface area contributed by atoms with E-state index in [0.717, 1.165) is 11.3 Å². The number of likely N-dealkylation sites (tertiary alicyclic amines) is 2. The Bertz CT molecular complexity index is 366. The molecule has 2 saturated heterocycles. The first-order valence-electron chi connectivity index (χ1n) is 6.06. The van der Waals surface area contributed by atoms with E-state index >= 15 is 0 Å². The molecule has 0 radical (unpaired) electrons. The first kappa shape index (κ1) is 11.2. The lowest BCUT2D eigenvalue weighted by molar-refractivity contribution is -0.289. The molecule has 0 aromatic carbocycles. The van der Waals surface area contributed by atoms with E-state index in [1.54, 1.807) is 11.8 Å². The van der Waals surface area contributed by atoms with Gasteiger partial charge in [0.15, 0.2) is 5.66 Å². The molecular weight excluding hydrogens is 230 g/mol. The Morgan fingerprint density at radius 2 is 2.00 bits per heavy atom. The Morgan fingerprint density at radius 3 is 2.41 bits per heavy atom. The fourth-order valence-electron chi connectivity index (χ4n) is 3.56. The van der Waals surface area contributed by atoms with Gasteiger partial charge in [-0.2, -0.15) is 0 Å². The molecule has 3 aliphatic rings. The van der Waals surface area contributed by atoms with Crippen molar-refractivity contribution in [3.05, 3.63) is 0 Å². The van der Waals surface area contributed by atoms with Gasteiger partial charge in [0.2, 0.25) is 0 Å². The van der Waals surface area contributed by atoms with Gasteiger partial charge < -0.3 is 5.11 Å². The predicted molar refractivity (Wildman–Crippen MR) is 55.9 cm³/mol. The van der Waals surface area contributed by atoms with Crippen LogP contribution in [-0.4, -0.2) is 52.2 Å². The van der Waals surface area contributed by atoms with Crippen LogP contribution in [0.1, 0.15) is 19.8 Å². The molecule has 6 heteroatoms. The average molecular weight is 246 g/mol. The van der Waals surface area contributed by atoms with Crippen LogP contribution in [0.3, 0.4) is 0 Å². The smallest absolute Gasteiger partial charge is 0.409 e. The minimum absolute atomic E-state index is 0.145. The van der Waals surface area contributed by atoms with Gasteiger partial charge in [-0.25, -0.2) is 13.6 Å². The molecule has 3 rings (SSSR count). The lowest BCUT2D eigenvalue weighted by Crippen LogP contribution is -2.82. The predicted octanol–water partition coefficient (Wildman–Crippen LogP) is 1.67. The summed E-state index contributed by atoms with van der Waals surface area (Å²) in [6.45, 7) is 2.23. The highest BCUT2D eigenvalue weighted by Crippen LogP contribution is 2.55. The number of fused-ring (bicyclic) bond motifs is 1. The Morgan fingerprint density at radius 1 is 1.41 bits per heavy atom. The zero-order chi connectivity index (χ0) is 12.4. The summed E-state index contributed by atoms with van der Waals surface area (Å²) in [6.07, 6.45) is 0.0269. The largest absolute Gasteiger partial charge is 0.465 e. The van der Waals surface area contributed by atoms with E-state index in [2.05, 4.69) is 0 Å². The van der Waals surface area contributed by atoms with E-state index in [1.807, 2.05) is 0 Å². The number of carboxylic acid groups (broad SMARTS) is 1. The number of nitrogens with zero attached hydrogens (tertiary/aromatic N) is 2. The third-order valence-corrected chi connectivity index (χ3v) is 4.61. The lowest BCUT2D eigenvalue weighted by Gasteiger charge is -2.60. The highest BCUT2D eigenvalue weighted by Gasteiger charge is 2.72. The van der Waals surface area contributed by atoms with Crippen LogP contribution < -0.4 is 0 Å². The van der Waals surface area contributed by atoms with Crippen molar-refractivity contribution in [1.29, 1.82) is 0 Å². The van der Waals surface area contributed by atoms with Gasteiger partial charge in [0.05, 0.1) is 6.54 Å². The van der Waals surface area contributed by atoms with Crippen molar-refractivity contribution in [3.63, 3.8) is 0 Å². The minimum atomic E-state index is -2.92. The zero-order valence-corrected chi connectivity index (χ0v) is 9.70. The maximum absolute atomic E-state index is 13.9. The quantitative estimate of drug-likeness (QED) is 0.806. The van der Waals surface area contributed by atoms with Crippen LogP contribution in [-0.2, 0) is 0 Å². The molecule has 96 valence electrons. The summed E-state index contributed by atoms with van der Waals surface area (Å²) in [5.74, 6) is -1.88. The maximum Gasteiger partial charge on any atom is 0.409 e. The molecule has 2 heterocycles. The van der Waals surface area contributed by atoms with Crippen molar-refractivity contribution >= 4 is 6.09 Å². The first-order chi connectivity index (χ1) is 7.92. The summed E-state index contributed by atoms with van der Waals surface area (Å²) in [7, 11) is 0. The third-order valence-electron chi connectivity index (χ3n) is 4.61. The third kappa shape index (κ3) is 1.22. The Labute approximate surface area is 98.2 Å². The molecule has 17 heavy (non-hydrogen) atoms. The molecule has 1 N–H and O–H groups in total. The van der Waals surface area contributed by atoms with Gasteiger partial charge >= 0.3 is 12.0 Å². The van der Waals surface area contributed by atoms with Gasteiger partial charge in [-0.1, -0.05) is 6.92 Å². The summed E-state index contributed by atoms with van der Waals surface area (Å²) >= 11 is 0. The number of halogens is 2. The second-order valence-corrected chi connectivity index (χ2v) is 5.40. The molecule has 3 fully saturated rings. The van der Waals surface area contributed by atoms with Crippen molar-refractivity contribution in [2.75, 3.05) is 19.6 Å². The van der Waals surface area contributed by atoms with Crippen LogP contribution in [0.15, 0.2) is 0 Å². The van der Waals surface area contributed by atoms with Crippen molar-refractivity contribution in [2.24, 2.45) is 11.8 Å². The molecular formula is C11H16F2N2O2. The summed E-state index contributed by atoms with van der Waals surface area (Å²) in [4.78, 5) is 13.7. The van der Waals surface area contributed by atoms with Crippen LogP contribution in [0.2, 0.25) is 0 Å². The van der Waals surface area contributed by atoms with Gasteiger partial charge in [-0.15, -0.1) is 0 Å². The van der Waals surface area contributed by atoms with Crippen LogP contribution in [0.4, 0.5) is 13.6 Å². The highest BCUT2D eigenvalue weighted by atomic mass is 19.3. The van der Waals surface area contributed by atoms with Crippen LogP contribution >= 0.6 is 0 Å². The van der Waals surface area contributed by atoms with Gasteiger partial charge in [0.1, 0.15) is 0 Å². The number of rotatable bonds is 2. The molecule has 3 atom stereocenters. The molecule has 2 aliphatic heterocycles. The van der Waals surface area contributed by atoms with E-state index in [9.17, 15) is 13.6 Å². The Kier molecular flexibility index (Phi) is 2.04. The van der Waals surface area contributed by atoms with E-state index < -0.39 is 24.2 Å². The van der Waals surface area contributed by atoms with Crippen molar-refractivity contribution in [3.8, 4) is 0 Å². The zero-order valence-electron chi connectivity index (χ0n) is 9.70. The van der Waals surface area contributed by atoms with Gasteiger partial charge in [-0.05, 0) is 24.7 Å². The summed E-state index contributed by atoms with van der Waals surface area (Å²) in [6, 6.07) is 0. The van der Waals surface area contributed by atoms with Gasteiger partial charge in [0, 0.05) is 13.1 Å². The minimum Gasteiger partial charge on any atom is -0.465 e. The standard InChI is InChI=1S/C11H16F2N2O2/c1-2-11(14-4-7-3-8(7)5-14)10(12,13)6-15(11)9(16)17/h7-8H,2-6H2,1H3,(H,16,17). The summed E-state index contributed by atoms with van der Waals surface area (Å²) in [5, 5.41) is 9.04. The Balaban J connectivity index is 1.90. The molecule has 0 aromatic heterocycles. The van der Waals surface area contributed by atoms with Crippen molar-refractivity contribution < 1.29 is 18.7 Å². The molecule has 1 saturated carbocycles. The molecule has 3 unspecified atom stereocenters. The second kappa shape index (κ2) is 3.10. The SMILES string of the molecule is CCC1(N2CC3CC3C2)N(C(=O)O)CC1(F)F. The normalized spacial score (nSPS) is 43.1. The summed E-state index contributed by atoms with van der Waals surface area (Å²) in [5.41, 5.74) is -1.58. The van der Waals surface area contributed by atoms with Crippen LogP contribution in [0.5, 0.6) is 0 Å². The topological polar surface area (TPSA) is 43.8 Å². The van der Waals surface area contributed by atoms with Crippen LogP contribution in [0, 0.1) is 11.8 Å². The average Bonchev–Trinajstić information content (AvgIpc) is 2.84. The molecule has 0 aromatic rings. The first-order valence-corrected chi connectivity index (χ1v) is 6.06. The number of hydrogen-bond acceptors (Lipinski definition) is 2. The lowest BCUT2D eigenvalue weighted by atomic mass is 9.85. The van der Waals surface area contributed by atoms with E-state index in [0.29, 0.717) is 24.9 Å². The van der Waals surface area contributed by atoms with E-state index in [4.69, 9.17) is 5.11 Å². The molecule has 4 nitrogen and oxygen atoms in total. The van der Waals surface area contributed by atoms with E-state index in [-0.39, 0.29) is 6.42 Å². The molecule has 1 aliphatic carbocycles. The van der Waals surface area contributed by atoms with Gasteiger partial charge in [0.25, 0.3) is 0 Å². The Hall–Kier alpha value is -0.910. The number of alkyl halides is 2. The monoisotopic (exact) mass is 246 g/mol. The van der Waals surface area contributed by atoms with E-state index in [1.165, 1.54) is 0 Å². The van der Waals surface area contributed by atoms with Gasteiger partial charge in [-0.3, -0.25) is 9.80 Å². The second-order valence-electron chi connectivity index (χ2n) is 5.40. The van der Waals surface area contributed by atoms with Crippen molar-refractivity contribution in [1.82, 2.24) is 9.80 Å².